The first kappa shape index (κ1) is 11.2. The van der Waals surface area contributed by atoms with E-state index in [1.54, 1.807) is 11.1 Å². The predicted octanol–water partition coefficient (Wildman–Crippen LogP) is 2.82. The Morgan fingerprint density at radius 1 is 1.06 bits per heavy atom. The molecule has 17 heavy (non-hydrogen) atoms. The quantitative estimate of drug-likeness (QED) is 0.750. The number of hydrogen-bond donors (Lipinski definition) is 1. The number of pyridine rings is 1. The van der Waals surface area contributed by atoms with Crippen molar-refractivity contribution in [3.63, 3.8) is 0 Å². The van der Waals surface area contributed by atoms with Crippen LogP contribution < -0.4 is 5.32 Å². The molecule has 1 N–H and O–H groups in total. The SMILES string of the molecule is c1ncc(C2CCCNC2)c2c1CCCCC2. The second-order valence-corrected chi connectivity index (χ2v) is 5.47. The Morgan fingerprint density at radius 2 is 2.00 bits per heavy atom. The fourth-order valence-electron chi connectivity index (χ4n) is 3.33. The van der Waals surface area contributed by atoms with Crippen LogP contribution in [-0.2, 0) is 12.8 Å². The second-order valence-electron chi connectivity index (χ2n) is 5.47. The van der Waals surface area contributed by atoms with Gasteiger partial charge in [0, 0.05) is 18.9 Å². The van der Waals surface area contributed by atoms with Gasteiger partial charge in [0.05, 0.1) is 0 Å². The molecule has 2 heterocycles. The van der Waals surface area contributed by atoms with Crippen LogP contribution in [0.25, 0.3) is 0 Å². The summed E-state index contributed by atoms with van der Waals surface area (Å²) in [6.07, 6.45) is 13.5. The minimum atomic E-state index is 0.712. The lowest BCUT2D eigenvalue weighted by Gasteiger charge is -2.25. The van der Waals surface area contributed by atoms with E-state index in [1.165, 1.54) is 57.1 Å². The molecule has 0 bridgehead atoms. The minimum Gasteiger partial charge on any atom is -0.316 e. The number of hydrogen-bond acceptors (Lipinski definition) is 2. The van der Waals surface area contributed by atoms with E-state index in [2.05, 4.69) is 22.7 Å². The maximum absolute atomic E-state index is 4.49. The molecule has 2 heteroatoms. The highest BCUT2D eigenvalue weighted by Crippen LogP contribution is 2.30. The van der Waals surface area contributed by atoms with Crippen molar-refractivity contribution in [3.05, 3.63) is 29.1 Å². The van der Waals surface area contributed by atoms with Crippen molar-refractivity contribution in [1.29, 1.82) is 0 Å². The molecule has 1 aliphatic carbocycles. The molecule has 92 valence electrons. The van der Waals surface area contributed by atoms with Crippen molar-refractivity contribution in [2.24, 2.45) is 0 Å². The number of nitrogens with one attached hydrogen (secondary N) is 1. The van der Waals surface area contributed by atoms with Crippen molar-refractivity contribution in [2.75, 3.05) is 13.1 Å². The molecule has 1 unspecified atom stereocenters. The van der Waals surface area contributed by atoms with Crippen molar-refractivity contribution < 1.29 is 0 Å². The highest BCUT2D eigenvalue weighted by atomic mass is 14.9. The Morgan fingerprint density at radius 3 is 2.88 bits per heavy atom. The van der Waals surface area contributed by atoms with E-state index >= 15 is 0 Å². The van der Waals surface area contributed by atoms with Gasteiger partial charge in [-0.05, 0) is 67.7 Å². The van der Waals surface area contributed by atoms with Crippen molar-refractivity contribution >= 4 is 0 Å². The van der Waals surface area contributed by atoms with Gasteiger partial charge in [-0.1, -0.05) is 6.42 Å². The average Bonchev–Trinajstić information content (AvgIpc) is 2.64. The Kier molecular flexibility index (Phi) is 3.41. The summed E-state index contributed by atoms with van der Waals surface area (Å²) in [6.45, 7) is 2.34. The van der Waals surface area contributed by atoms with Gasteiger partial charge < -0.3 is 5.32 Å². The van der Waals surface area contributed by atoms with Crippen LogP contribution in [0, 0.1) is 0 Å². The number of nitrogens with zero attached hydrogens (tertiary/aromatic N) is 1. The van der Waals surface area contributed by atoms with Crippen LogP contribution in [0.15, 0.2) is 12.4 Å². The highest BCUT2D eigenvalue weighted by molar-refractivity contribution is 5.36. The summed E-state index contributed by atoms with van der Waals surface area (Å²) in [5.41, 5.74) is 4.73. The third-order valence-electron chi connectivity index (χ3n) is 4.29. The molecular formula is C15H22N2. The van der Waals surface area contributed by atoms with Crippen molar-refractivity contribution in [1.82, 2.24) is 10.3 Å². The van der Waals surface area contributed by atoms with Crippen LogP contribution in [0.1, 0.15) is 54.7 Å². The molecular weight excluding hydrogens is 208 g/mol. The van der Waals surface area contributed by atoms with Crippen LogP contribution in [0.2, 0.25) is 0 Å². The summed E-state index contributed by atoms with van der Waals surface area (Å²) in [4.78, 5) is 4.49. The number of piperidine rings is 1. The smallest absolute Gasteiger partial charge is 0.0306 e. The molecule has 0 aromatic carbocycles. The second kappa shape index (κ2) is 5.18. The van der Waals surface area contributed by atoms with Crippen LogP contribution in [0.4, 0.5) is 0 Å². The number of fused-ring (bicyclic) bond motifs is 1. The van der Waals surface area contributed by atoms with Gasteiger partial charge in [-0.2, -0.15) is 0 Å². The first-order valence-electron chi connectivity index (χ1n) is 7.11. The fraction of sp³-hybridized carbons (Fsp3) is 0.667. The summed E-state index contributed by atoms with van der Waals surface area (Å²) in [7, 11) is 0. The summed E-state index contributed by atoms with van der Waals surface area (Å²) >= 11 is 0. The largest absolute Gasteiger partial charge is 0.316 e. The molecule has 0 spiro atoms. The van der Waals surface area contributed by atoms with E-state index in [1.807, 2.05) is 0 Å². The van der Waals surface area contributed by atoms with Gasteiger partial charge in [0.25, 0.3) is 0 Å². The van der Waals surface area contributed by atoms with Crippen molar-refractivity contribution in [3.8, 4) is 0 Å². The third-order valence-corrected chi connectivity index (χ3v) is 4.29. The maximum atomic E-state index is 4.49. The molecule has 0 saturated carbocycles. The zero-order chi connectivity index (χ0) is 11.5. The summed E-state index contributed by atoms with van der Waals surface area (Å²) in [5.74, 6) is 0.712. The summed E-state index contributed by atoms with van der Waals surface area (Å²) in [5, 5.41) is 3.53. The topological polar surface area (TPSA) is 24.9 Å². The van der Waals surface area contributed by atoms with Gasteiger partial charge in [-0.25, -0.2) is 0 Å². The molecule has 1 aromatic rings. The van der Waals surface area contributed by atoms with Gasteiger partial charge in [0.15, 0.2) is 0 Å². The lowest BCUT2D eigenvalue weighted by atomic mass is 9.86. The lowest BCUT2D eigenvalue weighted by molar-refractivity contribution is 0.458. The molecule has 1 fully saturated rings. The van der Waals surface area contributed by atoms with E-state index in [4.69, 9.17) is 0 Å². The molecule has 3 rings (SSSR count). The molecule has 2 nitrogen and oxygen atoms in total. The monoisotopic (exact) mass is 230 g/mol. The van der Waals surface area contributed by atoms with E-state index < -0.39 is 0 Å². The Labute approximate surface area is 104 Å². The van der Waals surface area contributed by atoms with E-state index in [0.29, 0.717) is 5.92 Å². The zero-order valence-electron chi connectivity index (χ0n) is 10.5. The van der Waals surface area contributed by atoms with Crippen LogP contribution in [0.3, 0.4) is 0 Å². The number of aromatic nitrogens is 1. The minimum absolute atomic E-state index is 0.712. The summed E-state index contributed by atoms with van der Waals surface area (Å²) in [6, 6.07) is 0. The Balaban J connectivity index is 1.92. The Bertz CT molecular complexity index is 381. The third kappa shape index (κ3) is 2.37. The van der Waals surface area contributed by atoms with E-state index in [9.17, 15) is 0 Å². The first-order chi connectivity index (χ1) is 8.45. The van der Waals surface area contributed by atoms with Gasteiger partial charge >= 0.3 is 0 Å². The highest BCUT2D eigenvalue weighted by Gasteiger charge is 2.21. The van der Waals surface area contributed by atoms with E-state index in [-0.39, 0.29) is 0 Å². The molecule has 2 aliphatic rings. The van der Waals surface area contributed by atoms with Crippen molar-refractivity contribution in [2.45, 2.75) is 50.9 Å². The molecule has 1 saturated heterocycles. The molecule has 1 aliphatic heterocycles. The van der Waals surface area contributed by atoms with Gasteiger partial charge in [0.1, 0.15) is 0 Å². The number of rotatable bonds is 1. The average molecular weight is 230 g/mol. The van der Waals surface area contributed by atoms with Crippen LogP contribution in [0.5, 0.6) is 0 Å². The maximum Gasteiger partial charge on any atom is 0.0306 e. The molecule has 0 amide bonds. The fourth-order valence-corrected chi connectivity index (χ4v) is 3.33. The van der Waals surface area contributed by atoms with E-state index in [0.717, 1.165) is 6.54 Å². The van der Waals surface area contributed by atoms with Gasteiger partial charge in [-0.3, -0.25) is 4.98 Å². The summed E-state index contributed by atoms with van der Waals surface area (Å²) < 4.78 is 0. The predicted molar refractivity (Wildman–Crippen MR) is 70.3 cm³/mol. The lowest BCUT2D eigenvalue weighted by Crippen LogP contribution is -2.29. The molecule has 1 atom stereocenters. The van der Waals surface area contributed by atoms with Gasteiger partial charge in [-0.15, -0.1) is 0 Å². The normalized spacial score (nSPS) is 25.1. The first-order valence-corrected chi connectivity index (χ1v) is 7.11. The van der Waals surface area contributed by atoms with Crippen LogP contribution >= 0.6 is 0 Å². The molecule has 0 radical (unpaired) electrons. The van der Waals surface area contributed by atoms with Crippen LogP contribution in [-0.4, -0.2) is 18.1 Å². The standard InChI is InChI=1S/C15H22N2/c1-2-5-12-10-17-11-15(14(12)7-3-1)13-6-4-8-16-9-13/h10-11,13,16H,1-9H2. The zero-order valence-corrected chi connectivity index (χ0v) is 10.5. The number of aryl methyl sites for hydroxylation is 1. The van der Waals surface area contributed by atoms with Gasteiger partial charge in [0.2, 0.25) is 0 Å². The Hall–Kier alpha value is -0.890. The molecule has 1 aromatic heterocycles.